The van der Waals surface area contributed by atoms with Crippen molar-refractivity contribution in [3.05, 3.63) is 10.2 Å². The first kappa shape index (κ1) is 14.2. The Morgan fingerprint density at radius 1 is 1.61 bits per heavy atom. The van der Waals surface area contributed by atoms with Gasteiger partial charge in [0.15, 0.2) is 8.68 Å². The first-order valence-corrected chi connectivity index (χ1v) is 8.25. The van der Waals surface area contributed by atoms with Crippen molar-refractivity contribution in [1.82, 2.24) is 9.29 Å². The molecule has 1 unspecified atom stereocenters. The van der Waals surface area contributed by atoms with Crippen LogP contribution in [0.25, 0.3) is 0 Å². The Hall–Kier alpha value is -0.210. The van der Waals surface area contributed by atoms with E-state index in [0.29, 0.717) is 18.8 Å². The predicted molar refractivity (Wildman–Crippen MR) is 70.7 cm³/mol. The van der Waals surface area contributed by atoms with Gasteiger partial charge in [0.1, 0.15) is 0 Å². The van der Waals surface area contributed by atoms with Crippen molar-refractivity contribution in [2.45, 2.75) is 30.1 Å². The van der Waals surface area contributed by atoms with Crippen molar-refractivity contribution < 1.29 is 13.2 Å². The third kappa shape index (κ3) is 2.85. The fourth-order valence-electron chi connectivity index (χ4n) is 1.90. The summed E-state index contributed by atoms with van der Waals surface area (Å²) in [5.74, 6) is 0. The standard InChI is InChI=1S/C10H15ClN2O3S2/c1-7-9(17-10(11)12-7)18(14,15)13(2)6-8-4-3-5-16-8/h8H,3-6H2,1-2H3. The molecule has 0 saturated carbocycles. The number of aromatic nitrogens is 1. The van der Waals surface area contributed by atoms with Gasteiger partial charge in [0.2, 0.25) is 0 Å². The number of nitrogens with zero attached hydrogens (tertiary/aromatic N) is 2. The molecule has 1 aromatic heterocycles. The highest BCUT2D eigenvalue weighted by Crippen LogP contribution is 2.29. The average Bonchev–Trinajstić information content (AvgIpc) is 2.88. The Bertz CT molecular complexity index is 523. The van der Waals surface area contributed by atoms with E-state index in [1.807, 2.05) is 0 Å². The van der Waals surface area contributed by atoms with Crippen LogP contribution < -0.4 is 0 Å². The fourth-order valence-corrected chi connectivity index (χ4v) is 5.03. The molecule has 0 aliphatic carbocycles. The zero-order valence-corrected chi connectivity index (χ0v) is 12.6. The van der Waals surface area contributed by atoms with Gasteiger partial charge in [0.05, 0.1) is 11.8 Å². The summed E-state index contributed by atoms with van der Waals surface area (Å²) in [6, 6.07) is 0. The summed E-state index contributed by atoms with van der Waals surface area (Å²) in [4.78, 5) is 3.94. The number of hydrogen-bond acceptors (Lipinski definition) is 5. The van der Waals surface area contributed by atoms with Gasteiger partial charge in [-0.3, -0.25) is 0 Å². The number of sulfonamides is 1. The van der Waals surface area contributed by atoms with Crippen LogP contribution in [0.4, 0.5) is 0 Å². The lowest BCUT2D eigenvalue weighted by molar-refractivity contribution is 0.0979. The monoisotopic (exact) mass is 310 g/mol. The summed E-state index contributed by atoms with van der Waals surface area (Å²) in [5.41, 5.74) is 0.448. The molecule has 8 heteroatoms. The van der Waals surface area contributed by atoms with E-state index in [9.17, 15) is 8.42 Å². The van der Waals surface area contributed by atoms with Gasteiger partial charge in [-0.1, -0.05) is 22.9 Å². The van der Waals surface area contributed by atoms with Crippen LogP contribution in [0.15, 0.2) is 4.21 Å². The molecule has 0 amide bonds. The molecule has 1 fully saturated rings. The van der Waals surface area contributed by atoms with Gasteiger partial charge in [-0.15, -0.1) is 0 Å². The van der Waals surface area contributed by atoms with E-state index in [2.05, 4.69) is 4.98 Å². The summed E-state index contributed by atoms with van der Waals surface area (Å²) in [7, 11) is -1.95. The molecule has 1 atom stereocenters. The van der Waals surface area contributed by atoms with Crippen LogP contribution >= 0.6 is 22.9 Å². The minimum atomic E-state index is -3.51. The Labute approximate surface area is 116 Å². The van der Waals surface area contributed by atoms with Crippen molar-refractivity contribution in [1.29, 1.82) is 0 Å². The van der Waals surface area contributed by atoms with Gasteiger partial charge < -0.3 is 4.74 Å². The fraction of sp³-hybridized carbons (Fsp3) is 0.700. The summed E-state index contributed by atoms with van der Waals surface area (Å²) in [5, 5.41) is 0. The van der Waals surface area contributed by atoms with Crippen LogP contribution in [-0.4, -0.2) is 44.0 Å². The molecule has 0 aromatic carbocycles. The van der Waals surface area contributed by atoms with Gasteiger partial charge in [-0.25, -0.2) is 13.4 Å². The van der Waals surface area contributed by atoms with Crippen molar-refractivity contribution in [2.24, 2.45) is 0 Å². The van der Waals surface area contributed by atoms with Crippen LogP contribution in [0.1, 0.15) is 18.5 Å². The topological polar surface area (TPSA) is 59.5 Å². The minimum Gasteiger partial charge on any atom is -0.377 e. The molecule has 1 aliphatic rings. The molecule has 2 heterocycles. The van der Waals surface area contributed by atoms with Crippen LogP contribution in [0.2, 0.25) is 4.47 Å². The molecule has 1 saturated heterocycles. The highest BCUT2D eigenvalue weighted by molar-refractivity contribution is 7.91. The van der Waals surface area contributed by atoms with Crippen molar-refractivity contribution in [3.63, 3.8) is 0 Å². The molecule has 102 valence electrons. The zero-order chi connectivity index (χ0) is 13.3. The van der Waals surface area contributed by atoms with Crippen LogP contribution in [0, 0.1) is 6.92 Å². The molecule has 1 aliphatic heterocycles. The smallest absolute Gasteiger partial charge is 0.254 e. The predicted octanol–water partition coefficient (Wildman–Crippen LogP) is 1.90. The second kappa shape index (κ2) is 5.42. The lowest BCUT2D eigenvalue weighted by Gasteiger charge is -2.19. The lowest BCUT2D eigenvalue weighted by Crippen LogP contribution is -2.34. The third-order valence-electron chi connectivity index (χ3n) is 2.86. The van der Waals surface area contributed by atoms with E-state index in [1.165, 1.54) is 4.31 Å². The first-order chi connectivity index (χ1) is 8.41. The number of aryl methyl sites for hydroxylation is 1. The summed E-state index contributed by atoms with van der Waals surface area (Å²) in [6.45, 7) is 2.73. The van der Waals surface area contributed by atoms with Crippen LogP contribution in [0.3, 0.4) is 0 Å². The van der Waals surface area contributed by atoms with E-state index >= 15 is 0 Å². The normalized spacial score (nSPS) is 20.8. The molecule has 1 aromatic rings. The number of likely N-dealkylation sites (N-methyl/N-ethyl adjacent to an activating group) is 1. The Balaban J connectivity index is 2.17. The number of hydrogen-bond donors (Lipinski definition) is 0. The maximum Gasteiger partial charge on any atom is 0.254 e. The summed E-state index contributed by atoms with van der Waals surface area (Å²) in [6.07, 6.45) is 1.89. The second-order valence-electron chi connectivity index (χ2n) is 4.26. The summed E-state index contributed by atoms with van der Waals surface area (Å²) >= 11 is 6.74. The second-order valence-corrected chi connectivity index (χ2v) is 8.08. The van der Waals surface area contributed by atoms with E-state index in [1.54, 1.807) is 14.0 Å². The van der Waals surface area contributed by atoms with E-state index in [-0.39, 0.29) is 14.8 Å². The van der Waals surface area contributed by atoms with E-state index in [0.717, 1.165) is 24.2 Å². The Kier molecular flexibility index (Phi) is 4.28. The van der Waals surface area contributed by atoms with Gasteiger partial charge in [0, 0.05) is 20.2 Å². The molecule has 5 nitrogen and oxygen atoms in total. The van der Waals surface area contributed by atoms with Gasteiger partial charge in [-0.2, -0.15) is 4.31 Å². The maximum absolute atomic E-state index is 12.3. The SMILES string of the molecule is Cc1nc(Cl)sc1S(=O)(=O)N(C)CC1CCCO1. The largest absolute Gasteiger partial charge is 0.377 e. The molecular weight excluding hydrogens is 296 g/mol. The summed E-state index contributed by atoms with van der Waals surface area (Å²) < 4.78 is 31.9. The molecule has 0 N–H and O–H groups in total. The average molecular weight is 311 g/mol. The van der Waals surface area contributed by atoms with Crippen LogP contribution in [0.5, 0.6) is 0 Å². The van der Waals surface area contributed by atoms with Crippen molar-refractivity contribution >= 4 is 33.0 Å². The van der Waals surface area contributed by atoms with E-state index in [4.69, 9.17) is 16.3 Å². The molecule has 2 rings (SSSR count). The van der Waals surface area contributed by atoms with Crippen molar-refractivity contribution in [3.8, 4) is 0 Å². The third-order valence-corrected chi connectivity index (χ3v) is 6.53. The highest BCUT2D eigenvalue weighted by Gasteiger charge is 2.29. The minimum absolute atomic E-state index is 0.00604. The maximum atomic E-state index is 12.3. The molecule has 0 bridgehead atoms. The number of rotatable bonds is 4. The van der Waals surface area contributed by atoms with E-state index < -0.39 is 10.0 Å². The number of halogens is 1. The quantitative estimate of drug-likeness (QED) is 0.852. The first-order valence-electron chi connectivity index (χ1n) is 5.62. The molecule has 18 heavy (non-hydrogen) atoms. The molecule has 0 spiro atoms. The highest BCUT2D eigenvalue weighted by atomic mass is 35.5. The van der Waals surface area contributed by atoms with Gasteiger partial charge in [0.25, 0.3) is 10.0 Å². The molecule has 0 radical (unpaired) electrons. The molecular formula is C10H15ClN2O3S2. The Morgan fingerprint density at radius 2 is 2.33 bits per heavy atom. The van der Waals surface area contributed by atoms with Crippen molar-refractivity contribution in [2.75, 3.05) is 20.2 Å². The van der Waals surface area contributed by atoms with Gasteiger partial charge in [-0.05, 0) is 19.8 Å². The number of ether oxygens (including phenoxy) is 1. The Morgan fingerprint density at radius 3 is 2.83 bits per heavy atom. The van der Waals surface area contributed by atoms with Crippen LogP contribution in [-0.2, 0) is 14.8 Å². The lowest BCUT2D eigenvalue weighted by atomic mass is 10.2. The van der Waals surface area contributed by atoms with Gasteiger partial charge >= 0.3 is 0 Å². The number of thiazole rings is 1. The zero-order valence-electron chi connectivity index (χ0n) is 10.2.